The Morgan fingerprint density at radius 2 is 1.89 bits per heavy atom. The van der Waals surface area contributed by atoms with Crippen LogP contribution in [0.3, 0.4) is 0 Å². The summed E-state index contributed by atoms with van der Waals surface area (Å²) in [6.45, 7) is 6.84. The van der Waals surface area contributed by atoms with Crippen molar-refractivity contribution in [2.75, 3.05) is 6.54 Å². The second-order valence-electron chi connectivity index (χ2n) is 4.87. The van der Waals surface area contributed by atoms with Gasteiger partial charge in [0.2, 0.25) is 0 Å². The largest absolute Gasteiger partial charge is 0.508 e. The maximum atomic E-state index is 10.0. The molecule has 0 aliphatic heterocycles. The minimum atomic E-state index is -0.306. The molecule has 0 fully saturated rings. The molecule has 0 bridgehead atoms. The van der Waals surface area contributed by atoms with Crippen LogP contribution in [0.25, 0.3) is 0 Å². The van der Waals surface area contributed by atoms with Gasteiger partial charge in [0.25, 0.3) is 0 Å². The molecule has 0 saturated carbocycles. The summed E-state index contributed by atoms with van der Waals surface area (Å²) >= 11 is 0. The summed E-state index contributed by atoms with van der Waals surface area (Å²) in [5, 5.41) is 22.8. The zero-order valence-electron chi connectivity index (χ0n) is 11.6. The maximum absolute atomic E-state index is 10.0. The number of aromatic hydroxyl groups is 1. The van der Waals surface area contributed by atoms with Gasteiger partial charge >= 0.3 is 0 Å². The highest BCUT2D eigenvalue weighted by Gasteiger charge is 2.16. The summed E-state index contributed by atoms with van der Waals surface area (Å²) in [5.41, 5.74) is 1.03. The molecule has 18 heavy (non-hydrogen) atoms. The Hall–Kier alpha value is -1.06. The molecule has 3 N–H and O–H groups in total. The molecule has 102 valence electrons. The number of hydrogen-bond acceptors (Lipinski definition) is 3. The lowest BCUT2D eigenvalue weighted by Gasteiger charge is -2.23. The molecule has 3 heteroatoms. The molecule has 0 spiro atoms. The highest BCUT2D eigenvalue weighted by Crippen LogP contribution is 2.18. The van der Waals surface area contributed by atoms with Crippen LogP contribution in [0.1, 0.15) is 45.2 Å². The summed E-state index contributed by atoms with van der Waals surface area (Å²) in [5.74, 6) is 0.635. The third kappa shape index (κ3) is 4.31. The van der Waals surface area contributed by atoms with Gasteiger partial charge in [-0.2, -0.15) is 0 Å². The van der Waals surface area contributed by atoms with Crippen LogP contribution in [-0.4, -0.2) is 22.9 Å². The molecule has 0 radical (unpaired) electrons. The monoisotopic (exact) mass is 251 g/mol. The van der Waals surface area contributed by atoms with E-state index in [4.69, 9.17) is 0 Å². The van der Waals surface area contributed by atoms with Crippen molar-refractivity contribution in [3.05, 3.63) is 29.8 Å². The van der Waals surface area contributed by atoms with Gasteiger partial charge in [-0.3, -0.25) is 0 Å². The van der Waals surface area contributed by atoms with Crippen molar-refractivity contribution in [1.29, 1.82) is 0 Å². The Balaban J connectivity index is 2.48. The molecule has 0 aliphatic carbocycles. The van der Waals surface area contributed by atoms with Crippen LogP contribution in [0.4, 0.5) is 0 Å². The second-order valence-corrected chi connectivity index (χ2v) is 4.87. The number of phenolic OH excluding ortho intramolecular Hbond substituents is 1. The van der Waals surface area contributed by atoms with E-state index in [2.05, 4.69) is 19.2 Å². The van der Waals surface area contributed by atoms with Crippen LogP contribution in [0.5, 0.6) is 5.75 Å². The van der Waals surface area contributed by atoms with E-state index in [-0.39, 0.29) is 17.9 Å². The van der Waals surface area contributed by atoms with Crippen molar-refractivity contribution >= 4 is 0 Å². The third-order valence-corrected chi connectivity index (χ3v) is 3.60. The lowest BCUT2D eigenvalue weighted by Crippen LogP contribution is -2.33. The molecule has 1 rings (SSSR count). The average Bonchev–Trinajstić information content (AvgIpc) is 2.37. The summed E-state index contributed by atoms with van der Waals surface area (Å²) < 4.78 is 0. The lowest BCUT2D eigenvalue weighted by atomic mass is 9.96. The van der Waals surface area contributed by atoms with Crippen molar-refractivity contribution in [3.8, 4) is 5.75 Å². The summed E-state index contributed by atoms with van der Waals surface area (Å²) in [7, 11) is 0. The topological polar surface area (TPSA) is 52.5 Å². The molecule has 0 aliphatic rings. The van der Waals surface area contributed by atoms with E-state index in [1.807, 2.05) is 19.1 Å². The quantitative estimate of drug-likeness (QED) is 0.698. The van der Waals surface area contributed by atoms with Crippen molar-refractivity contribution in [2.45, 2.75) is 45.8 Å². The first kappa shape index (κ1) is 15.0. The smallest absolute Gasteiger partial charge is 0.115 e. The first-order valence-corrected chi connectivity index (χ1v) is 6.78. The van der Waals surface area contributed by atoms with Crippen molar-refractivity contribution in [2.24, 2.45) is 5.92 Å². The number of rotatable bonds is 7. The van der Waals surface area contributed by atoms with Gasteiger partial charge in [0, 0.05) is 12.6 Å². The number of aliphatic hydroxyl groups excluding tert-OH is 1. The first-order chi connectivity index (χ1) is 8.58. The minimum absolute atomic E-state index is 0.126. The Kier molecular flexibility index (Phi) is 6.16. The SMILES string of the molecule is CCC(CC)C(O)CNC(C)c1cccc(O)c1. The Bertz CT molecular complexity index is 350. The normalized spacial score (nSPS) is 14.7. The first-order valence-electron chi connectivity index (χ1n) is 6.78. The fourth-order valence-corrected chi connectivity index (χ4v) is 2.21. The van der Waals surface area contributed by atoms with Crippen LogP contribution in [0.2, 0.25) is 0 Å². The van der Waals surface area contributed by atoms with E-state index in [0.717, 1.165) is 18.4 Å². The van der Waals surface area contributed by atoms with E-state index in [1.54, 1.807) is 12.1 Å². The van der Waals surface area contributed by atoms with Crippen LogP contribution < -0.4 is 5.32 Å². The number of hydrogen-bond donors (Lipinski definition) is 3. The van der Waals surface area contributed by atoms with E-state index < -0.39 is 0 Å². The van der Waals surface area contributed by atoms with E-state index >= 15 is 0 Å². The molecule has 0 aromatic heterocycles. The standard InChI is InChI=1S/C15H25NO2/c1-4-12(5-2)15(18)10-16-11(3)13-7-6-8-14(17)9-13/h6-9,11-12,15-18H,4-5,10H2,1-3H3. The minimum Gasteiger partial charge on any atom is -0.508 e. The van der Waals surface area contributed by atoms with Gasteiger partial charge in [-0.1, -0.05) is 38.8 Å². The summed E-state index contributed by atoms with van der Waals surface area (Å²) in [4.78, 5) is 0. The van der Waals surface area contributed by atoms with Crippen molar-refractivity contribution in [1.82, 2.24) is 5.32 Å². The van der Waals surface area contributed by atoms with Crippen LogP contribution in [0.15, 0.2) is 24.3 Å². The van der Waals surface area contributed by atoms with Crippen LogP contribution >= 0.6 is 0 Å². The van der Waals surface area contributed by atoms with Gasteiger partial charge in [-0.25, -0.2) is 0 Å². The second kappa shape index (κ2) is 7.39. The molecule has 1 aromatic rings. The van der Waals surface area contributed by atoms with Gasteiger partial charge in [-0.15, -0.1) is 0 Å². The summed E-state index contributed by atoms with van der Waals surface area (Å²) in [6, 6.07) is 7.35. The third-order valence-electron chi connectivity index (χ3n) is 3.60. The molecule has 0 amide bonds. The molecule has 2 atom stereocenters. The maximum Gasteiger partial charge on any atom is 0.115 e. The molecule has 3 nitrogen and oxygen atoms in total. The Labute approximate surface area is 110 Å². The molecular weight excluding hydrogens is 226 g/mol. The lowest BCUT2D eigenvalue weighted by molar-refractivity contribution is 0.0989. The van der Waals surface area contributed by atoms with Crippen molar-refractivity contribution in [3.63, 3.8) is 0 Å². The van der Waals surface area contributed by atoms with Crippen molar-refractivity contribution < 1.29 is 10.2 Å². The highest BCUT2D eigenvalue weighted by atomic mass is 16.3. The van der Waals surface area contributed by atoms with E-state index in [1.165, 1.54) is 0 Å². The predicted molar refractivity (Wildman–Crippen MR) is 74.6 cm³/mol. The molecule has 2 unspecified atom stereocenters. The van der Waals surface area contributed by atoms with Gasteiger partial charge in [-0.05, 0) is 30.5 Å². The fourth-order valence-electron chi connectivity index (χ4n) is 2.21. The van der Waals surface area contributed by atoms with Crippen LogP contribution in [0, 0.1) is 5.92 Å². The molecule has 0 heterocycles. The number of nitrogens with one attached hydrogen (secondary N) is 1. The Morgan fingerprint density at radius 1 is 1.22 bits per heavy atom. The van der Waals surface area contributed by atoms with Gasteiger partial charge < -0.3 is 15.5 Å². The molecular formula is C15H25NO2. The Morgan fingerprint density at radius 3 is 2.44 bits per heavy atom. The van der Waals surface area contributed by atoms with E-state index in [0.29, 0.717) is 12.5 Å². The van der Waals surface area contributed by atoms with E-state index in [9.17, 15) is 10.2 Å². The zero-order valence-corrected chi connectivity index (χ0v) is 11.6. The highest BCUT2D eigenvalue weighted by molar-refractivity contribution is 5.28. The van der Waals surface area contributed by atoms with Gasteiger partial charge in [0.05, 0.1) is 6.10 Å². The zero-order chi connectivity index (χ0) is 13.5. The number of aliphatic hydroxyl groups is 1. The van der Waals surface area contributed by atoms with Gasteiger partial charge in [0.15, 0.2) is 0 Å². The number of benzene rings is 1. The average molecular weight is 251 g/mol. The predicted octanol–water partition coefficient (Wildman–Crippen LogP) is 2.84. The van der Waals surface area contributed by atoms with Crippen LogP contribution in [-0.2, 0) is 0 Å². The summed E-state index contributed by atoms with van der Waals surface area (Å²) in [6.07, 6.45) is 1.69. The fraction of sp³-hybridized carbons (Fsp3) is 0.600. The molecule has 1 aromatic carbocycles. The molecule has 0 saturated heterocycles. The number of phenols is 1. The van der Waals surface area contributed by atoms with Gasteiger partial charge in [0.1, 0.15) is 5.75 Å².